The van der Waals surface area contributed by atoms with Crippen LogP contribution in [0.1, 0.15) is 5.56 Å². The van der Waals surface area contributed by atoms with Crippen molar-refractivity contribution in [2.45, 2.75) is 6.42 Å². The van der Waals surface area contributed by atoms with E-state index in [2.05, 4.69) is 17.0 Å². The van der Waals surface area contributed by atoms with Gasteiger partial charge in [-0.3, -0.25) is 4.79 Å². The lowest BCUT2D eigenvalue weighted by Gasteiger charge is -2.16. The molecule has 0 aliphatic carbocycles. The van der Waals surface area contributed by atoms with Crippen LogP contribution < -0.4 is 4.90 Å². The summed E-state index contributed by atoms with van der Waals surface area (Å²) in [5.41, 5.74) is 2.15. The Labute approximate surface area is 107 Å². The number of hydrogen-bond donors (Lipinski definition) is 0. The van der Waals surface area contributed by atoms with Gasteiger partial charge in [-0.2, -0.15) is 0 Å². The fourth-order valence-electron chi connectivity index (χ4n) is 2.13. The van der Waals surface area contributed by atoms with Gasteiger partial charge < -0.3 is 9.64 Å². The number of esters is 1. The summed E-state index contributed by atoms with van der Waals surface area (Å²) in [6.45, 7) is 0. The van der Waals surface area contributed by atoms with Gasteiger partial charge in [0.25, 0.3) is 0 Å². The summed E-state index contributed by atoms with van der Waals surface area (Å²) in [5, 5.41) is 2.26. The smallest absolute Gasteiger partial charge is 0.309 e. The zero-order valence-electron chi connectivity index (χ0n) is 10.9. The van der Waals surface area contributed by atoms with E-state index in [1.54, 1.807) is 0 Å². The number of methoxy groups -OCH3 is 1. The molecule has 0 aliphatic heterocycles. The summed E-state index contributed by atoms with van der Waals surface area (Å²) >= 11 is 0. The Morgan fingerprint density at radius 3 is 2.44 bits per heavy atom. The van der Waals surface area contributed by atoms with Crippen LogP contribution in [0.2, 0.25) is 0 Å². The minimum atomic E-state index is -0.210. The van der Waals surface area contributed by atoms with Gasteiger partial charge in [0.15, 0.2) is 0 Å². The van der Waals surface area contributed by atoms with Crippen LogP contribution in [-0.2, 0) is 16.0 Å². The van der Waals surface area contributed by atoms with Crippen molar-refractivity contribution in [3.8, 4) is 0 Å². The third kappa shape index (κ3) is 2.30. The summed E-state index contributed by atoms with van der Waals surface area (Å²) in [5.74, 6) is -0.210. The third-order valence-electron chi connectivity index (χ3n) is 3.03. The molecule has 0 fully saturated rings. The topological polar surface area (TPSA) is 29.5 Å². The predicted molar refractivity (Wildman–Crippen MR) is 74.0 cm³/mol. The highest BCUT2D eigenvalue weighted by atomic mass is 16.5. The highest BCUT2D eigenvalue weighted by Crippen LogP contribution is 2.28. The number of rotatable bonds is 3. The number of nitrogens with zero attached hydrogens (tertiary/aromatic N) is 1. The standard InChI is InChI=1S/C15H17NO2/c1-16(2)14-9-5-7-12-11(10-15(17)18-3)6-4-8-13(12)14/h4-9H,10H2,1-3H3. The van der Waals surface area contributed by atoms with Crippen LogP contribution in [0, 0.1) is 0 Å². The van der Waals surface area contributed by atoms with E-state index >= 15 is 0 Å². The number of hydrogen-bond acceptors (Lipinski definition) is 3. The Kier molecular flexibility index (Phi) is 3.51. The highest BCUT2D eigenvalue weighted by molar-refractivity contribution is 5.97. The van der Waals surface area contributed by atoms with Gasteiger partial charge in [-0.1, -0.05) is 30.3 Å². The largest absolute Gasteiger partial charge is 0.469 e. The van der Waals surface area contributed by atoms with Crippen molar-refractivity contribution in [2.75, 3.05) is 26.1 Å². The van der Waals surface area contributed by atoms with Crippen LogP contribution in [0.4, 0.5) is 5.69 Å². The molecule has 0 spiro atoms. The van der Waals surface area contributed by atoms with E-state index in [4.69, 9.17) is 4.74 Å². The summed E-state index contributed by atoms with van der Waals surface area (Å²) in [7, 11) is 5.45. The number of carbonyl (C=O) groups is 1. The molecule has 2 rings (SSSR count). The number of carbonyl (C=O) groups excluding carboxylic acids is 1. The fraction of sp³-hybridized carbons (Fsp3) is 0.267. The first-order valence-electron chi connectivity index (χ1n) is 5.88. The molecule has 0 atom stereocenters. The molecule has 0 N–H and O–H groups in total. The molecule has 0 radical (unpaired) electrons. The molecule has 0 saturated carbocycles. The summed E-state index contributed by atoms with van der Waals surface area (Å²) in [4.78, 5) is 13.5. The molecule has 0 amide bonds. The molecule has 18 heavy (non-hydrogen) atoms. The molecule has 0 aliphatic rings. The molecule has 94 valence electrons. The molecule has 0 saturated heterocycles. The van der Waals surface area contributed by atoms with Crippen molar-refractivity contribution < 1.29 is 9.53 Å². The van der Waals surface area contributed by atoms with Gasteiger partial charge in [-0.15, -0.1) is 0 Å². The number of fused-ring (bicyclic) bond motifs is 1. The average Bonchev–Trinajstić information content (AvgIpc) is 2.38. The molecular weight excluding hydrogens is 226 g/mol. The maximum absolute atomic E-state index is 11.4. The molecule has 0 aromatic heterocycles. The van der Waals surface area contributed by atoms with Gasteiger partial charge in [-0.25, -0.2) is 0 Å². The van der Waals surface area contributed by atoms with Crippen LogP contribution in [-0.4, -0.2) is 27.2 Å². The zero-order valence-corrected chi connectivity index (χ0v) is 10.9. The second-order valence-corrected chi connectivity index (χ2v) is 4.44. The van der Waals surface area contributed by atoms with Crippen LogP contribution in [0.3, 0.4) is 0 Å². The first-order valence-corrected chi connectivity index (χ1v) is 5.88. The molecule has 2 aromatic rings. The summed E-state index contributed by atoms with van der Waals surface area (Å²) < 4.78 is 4.73. The fourth-order valence-corrected chi connectivity index (χ4v) is 2.13. The van der Waals surface area contributed by atoms with E-state index < -0.39 is 0 Å². The van der Waals surface area contributed by atoms with Gasteiger partial charge in [0.1, 0.15) is 0 Å². The Bertz CT molecular complexity index is 576. The van der Waals surface area contributed by atoms with E-state index in [0.717, 1.165) is 22.0 Å². The highest BCUT2D eigenvalue weighted by Gasteiger charge is 2.09. The average molecular weight is 243 g/mol. The SMILES string of the molecule is COC(=O)Cc1cccc2c(N(C)C)cccc12. The Hall–Kier alpha value is -2.03. The Morgan fingerprint density at radius 2 is 1.78 bits per heavy atom. The number of anilines is 1. The van der Waals surface area contributed by atoms with Crippen molar-refractivity contribution in [1.29, 1.82) is 0 Å². The van der Waals surface area contributed by atoms with Crippen LogP contribution in [0.25, 0.3) is 10.8 Å². The van der Waals surface area contributed by atoms with Gasteiger partial charge in [0.05, 0.1) is 13.5 Å². The Balaban J connectivity index is 2.56. The normalized spacial score (nSPS) is 10.4. The van der Waals surface area contributed by atoms with Gasteiger partial charge in [0, 0.05) is 25.2 Å². The summed E-state index contributed by atoms with van der Waals surface area (Å²) in [6, 6.07) is 12.2. The Morgan fingerprint density at radius 1 is 1.11 bits per heavy atom. The molecule has 0 heterocycles. The maximum atomic E-state index is 11.4. The van der Waals surface area contributed by atoms with E-state index in [0.29, 0.717) is 6.42 Å². The van der Waals surface area contributed by atoms with E-state index in [1.165, 1.54) is 7.11 Å². The van der Waals surface area contributed by atoms with Crippen molar-refractivity contribution in [3.63, 3.8) is 0 Å². The van der Waals surface area contributed by atoms with E-state index in [9.17, 15) is 4.79 Å². The molecule has 3 nitrogen and oxygen atoms in total. The number of benzene rings is 2. The van der Waals surface area contributed by atoms with E-state index in [1.807, 2.05) is 38.4 Å². The van der Waals surface area contributed by atoms with Crippen LogP contribution >= 0.6 is 0 Å². The first kappa shape index (κ1) is 12.4. The lowest BCUT2D eigenvalue weighted by molar-refractivity contribution is -0.139. The second-order valence-electron chi connectivity index (χ2n) is 4.44. The lowest BCUT2D eigenvalue weighted by Crippen LogP contribution is -2.09. The monoisotopic (exact) mass is 243 g/mol. The van der Waals surface area contributed by atoms with Crippen molar-refractivity contribution in [2.24, 2.45) is 0 Å². The van der Waals surface area contributed by atoms with Crippen LogP contribution in [0.15, 0.2) is 36.4 Å². The quantitative estimate of drug-likeness (QED) is 0.776. The van der Waals surface area contributed by atoms with Gasteiger partial charge in [0.2, 0.25) is 0 Å². The van der Waals surface area contributed by atoms with Crippen molar-refractivity contribution >= 4 is 22.4 Å². The van der Waals surface area contributed by atoms with E-state index in [-0.39, 0.29) is 5.97 Å². The van der Waals surface area contributed by atoms with Gasteiger partial charge >= 0.3 is 5.97 Å². The van der Waals surface area contributed by atoms with Crippen LogP contribution in [0.5, 0.6) is 0 Å². The van der Waals surface area contributed by atoms with Crippen molar-refractivity contribution in [1.82, 2.24) is 0 Å². The molecule has 3 heteroatoms. The van der Waals surface area contributed by atoms with Gasteiger partial charge in [-0.05, 0) is 17.0 Å². The number of ether oxygens (including phenoxy) is 1. The third-order valence-corrected chi connectivity index (χ3v) is 3.03. The second kappa shape index (κ2) is 5.08. The lowest BCUT2D eigenvalue weighted by atomic mass is 10.0. The predicted octanol–water partition coefficient (Wildman–Crippen LogP) is 2.62. The minimum Gasteiger partial charge on any atom is -0.469 e. The molecular formula is C15H17NO2. The zero-order chi connectivity index (χ0) is 13.1. The minimum absolute atomic E-state index is 0.210. The summed E-state index contributed by atoms with van der Waals surface area (Å²) in [6.07, 6.45) is 0.310. The van der Waals surface area contributed by atoms with Crippen molar-refractivity contribution in [3.05, 3.63) is 42.0 Å². The molecule has 0 unspecified atom stereocenters. The maximum Gasteiger partial charge on any atom is 0.309 e. The first-order chi connectivity index (χ1) is 8.63. The molecule has 2 aromatic carbocycles. The molecule has 0 bridgehead atoms.